The molecule has 0 amide bonds. The van der Waals surface area contributed by atoms with Gasteiger partial charge in [0.25, 0.3) is 0 Å². The van der Waals surface area contributed by atoms with Gasteiger partial charge < -0.3 is 14.6 Å². The molecule has 0 rings (SSSR count). The molecule has 41 heavy (non-hydrogen) atoms. The van der Waals surface area contributed by atoms with Gasteiger partial charge in [-0.3, -0.25) is 9.59 Å². The molecular formula is C36H70O5. The van der Waals surface area contributed by atoms with E-state index in [9.17, 15) is 14.7 Å². The largest absolute Gasteiger partial charge is 0.462 e. The average Bonchev–Trinajstić information content (AvgIpc) is 2.97. The van der Waals surface area contributed by atoms with Crippen LogP contribution < -0.4 is 0 Å². The number of esters is 2. The summed E-state index contributed by atoms with van der Waals surface area (Å²) in [5, 5.41) is 9.51. The van der Waals surface area contributed by atoms with Crippen LogP contribution in [0.5, 0.6) is 0 Å². The van der Waals surface area contributed by atoms with Crippen LogP contribution in [0.25, 0.3) is 0 Å². The standard InChI is InChI=1S/C36H70O5/c1-3-5-7-9-11-13-15-17-19-20-22-24-26-28-30-35(38)40-33-34(32-37)41-36(39)31-29-27-25-23-21-18-16-14-12-10-8-6-4-2/h34,37H,3-33H2,1-2H3. The maximum atomic E-state index is 12.1. The minimum atomic E-state index is -0.759. The van der Waals surface area contributed by atoms with Gasteiger partial charge in [0.2, 0.25) is 0 Å². The molecule has 0 aliphatic heterocycles. The second-order valence-electron chi connectivity index (χ2n) is 12.3. The van der Waals surface area contributed by atoms with E-state index in [4.69, 9.17) is 9.47 Å². The minimum absolute atomic E-state index is 0.0573. The number of hydrogen-bond donors (Lipinski definition) is 1. The fourth-order valence-corrected chi connectivity index (χ4v) is 5.38. The van der Waals surface area contributed by atoms with Gasteiger partial charge in [-0.05, 0) is 12.8 Å². The normalized spacial score (nSPS) is 12.0. The SMILES string of the molecule is CCCCCCCCCCCCCCCCC(=O)OCC(CO)OC(=O)CCCCCCCCCCCCCCC. The first kappa shape index (κ1) is 39.9. The topological polar surface area (TPSA) is 72.8 Å². The van der Waals surface area contributed by atoms with Gasteiger partial charge in [-0.2, -0.15) is 0 Å². The molecule has 0 aromatic heterocycles. The van der Waals surface area contributed by atoms with E-state index in [2.05, 4.69) is 13.8 Å². The molecule has 0 heterocycles. The fourth-order valence-electron chi connectivity index (χ4n) is 5.38. The molecule has 1 N–H and O–H groups in total. The maximum Gasteiger partial charge on any atom is 0.306 e. The Morgan fingerprint density at radius 3 is 1.07 bits per heavy atom. The lowest BCUT2D eigenvalue weighted by molar-refractivity contribution is -0.161. The first-order valence-corrected chi connectivity index (χ1v) is 18.1. The van der Waals surface area contributed by atoms with E-state index in [1.54, 1.807) is 0 Å². The zero-order chi connectivity index (χ0) is 30.1. The van der Waals surface area contributed by atoms with Gasteiger partial charge in [0.1, 0.15) is 6.61 Å². The molecular weight excluding hydrogens is 512 g/mol. The predicted molar refractivity (Wildman–Crippen MR) is 173 cm³/mol. The zero-order valence-corrected chi connectivity index (χ0v) is 27.6. The van der Waals surface area contributed by atoms with Crippen molar-refractivity contribution < 1.29 is 24.2 Å². The molecule has 244 valence electrons. The number of ether oxygens (including phenoxy) is 2. The summed E-state index contributed by atoms with van der Waals surface area (Å²) in [6.45, 7) is 4.15. The number of unbranched alkanes of at least 4 members (excludes halogenated alkanes) is 25. The van der Waals surface area contributed by atoms with Gasteiger partial charge in [0, 0.05) is 12.8 Å². The highest BCUT2D eigenvalue weighted by Crippen LogP contribution is 2.15. The van der Waals surface area contributed by atoms with Crippen molar-refractivity contribution in [2.45, 2.75) is 206 Å². The number of aliphatic hydroxyl groups excluding tert-OH is 1. The van der Waals surface area contributed by atoms with Crippen LogP contribution in [0.4, 0.5) is 0 Å². The molecule has 1 unspecified atom stereocenters. The summed E-state index contributed by atoms with van der Waals surface area (Å²) in [4.78, 5) is 24.1. The minimum Gasteiger partial charge on any atom is -0.462 e. The summed E-state index contributed by atoms with van der Waals surface area (Å²) in [7, 11) is 0. The van der Waals surface area contributed by atoms with Crippen molar-refractivity contribution in [2.24, 2.45) is 0 Å². The molecule has 0 fully saturated rings. The van der Waals surface area contributed by atoms with Gasteiger partial charge in [0.15, 0.2) is 6.10 Å². The third-order valence-electron chi connectivity index (χ3n) is 8.15. The van der Waals surface area contributed by atoms with Crippen LogP contribution in [0.3, 0.4) is 0 Å². The van der Waals surface area contributed by atoms with E-state index < -0.39 is 6.10 Å². The molecule has 0 radical (unpaired) electrons. The molecule has 0 aromatic carbocycles. The average molecular weight is 583 g/mol. The van der Waals surface area contributed by atoms with Gasteiger partial charge in [-0.15, -0.1) is 0 Å². The van der Waals surface area contributed by atoms with Crippen molar-refractivity contribution in [1.82, 2.24) is 0 Å². The fraction of sp³-hybridized carbons (Fsp3) is 0.944. The van der Waals surface area contributed by atoms with Crippen molar-refractivity contribution in [1.29, 1.82) is 0 Å². The van der Waals surface area contributed by atoms with Gasteiger partial charge in [-0.1, -0.05) is 174 Å². The summed E-state index contributed by atoms with van der Waals surface area (Å²) in [6, 6.07) is 0. The van der Waals surface area contributed by atoms with Gasteiger partial charge >= 0.3 is 11.9 Å². The molecule has 1 atom stereocenters. The lowest BCUT2D eigenvalue weighted by Gasteiger charge is -2.15. The van der Waals surface area contributed by atoms with Crippen LogP contribution in [0.1, 0.15) is 200 Å². The van der Waals surface area contributed by atoms with Gasteiger partial charge in [-0.25, -0.2) is 0 Å². The van der Waals surface area contributed by atoms with E-state index in [1.165, 1.54) is 141 Å². The quantitative estimate of drug-likeness (QED) is 0.0615. The number of hydrogen-bond acceptors (Lipinski definition) is 5. The van der Waals surface area contributed by atoms with Crippen LogP contribution in [-0.4, -0.2) is 36.4 Å². The number of aliphatic hydroxyl groups is 1. The predicted octanol–water partition coefficient (Wildman–Crippen LogP) is 10.8. The highest BCUT2D eigenvalue weighted by Gasteiger charge is 2.16. The van der Waals surface area contributed by atoms with Crippen molar-refractivity contribution in [3.8, 4) is 0 Å². The maximum absolute atomic E-state index is 12.1. The highest BCUT2D eigenvalue weighted by molar-refractivity contribution is 5.70. The van der Waals surface area contributed by atoms with Crippen LogP contribution in [0.15, 0.2) is 0 Å². The van der Waals surface area contributed by atoms with Crippen molar-refractivity contribution in [3.05, 3.63) is 0 Å². The van der Waals surface area contributed by atoms with E-state index in [0.717, 1.165) is 32.1 Å². The Balaban J connectivity index is 3.52. The summed E-state index contributed by atoms with van der Waals surface area (Å²) in [5.74, 6) is -0.579. The number of rotatable bonds is 33. The third kappa shape index (κ3) is 31.7. The molecule has 0 bridgehead atoms. The van der Waals surface area contributed by atoms with Crippen LogP contribution in [-0.2, 0) is 19.1 Å². The summed E-state index contributed by atoms with van der Waals surface area (Å²) in [6.07, 6.45) is 34.4. The Kier molecular flexibility index (Phi) is 32.5. The molecule has 0 aliphatic carbocycles. The molecule has 0 spiro atoms. The monoisotopic (exact) mass is 583 g/mol. The molecule has 0 saturated heterocycles. The van der Waals surface area contributed by atoms with E-state index in [1.807, 2.05) is 0 Å². The summed E-state index contributed by atoms with van der Waals surface area (Å²) < 4.78 is 10.6. The second-order valence-corrected chi connectivity index (χ2v) is 12.3. The first-order chi connectivity index (χ1) is 20.1. The zero-order valence-electron chi connectivity index (χ0n) is 27.6. The van der Waals surface area contributed by atoms with E-state index in [0.29, 0.717) is 12.8 Å². The lowest BCUT2D eigenvalue weighted by Crippen LogP contribution is -2.28. The Hall–Kier alpha value is -1.10. The smallest absolute Gasteiger partial charge is 0.306 e. The molecule has 5 nitrogen and oxygen atoms in total. The second kappa shape index (κ2) is 33.4. The highest BCUT2D eigenvalue weighted by atomic mass is 16.6. The number of carbonyl (C=O) groups excluding carboxylic acids is 2. The summed E-state index contributed by atoms with van der Waals surface area (Å²) >= 11 is 0. The van der Waals surface area contributed by atoms with E-state index >= 15 is 0 Å². The van der Waals surface area contributed by atoms with E-state index in [-0.39, 0.29) is 25.2 Å². The Labute approximate surface area is 255 Å². The Morgan fingerprint density at radius 1 is 0.463 bits per heavy atom. The molecule has 0 aromatic rings. The first-order valence-electron chi connectivity index (χ1n) is 18.1. The van der Waals surface area contributed by atoms with Crippen LogP contribution in [0.2, 0.25) is 0 Å². The molecule has 0 aliphatic rings. The van der Waals surface area contributed by atoms with Gasteiger partial charge in [0.05, 0.1) is 6.61 Å². The van der Waals surface area contributed by atoms with Crippen LogP contribution >= 0.6 is 0 Å². The van der Waals surface area contributed by atoms with Crippen molar-refractivity contribution in [3.63, 3.8) is 0 Å². The summed E-state index contributed by atoms with van der Waals surface area (Å²) in [5.41, 5.74) is 0. The van der Waals surface area contributed by atoms with Crippen molar-refractivity contribution >= 4 is 11.9 Å². The van der Waals surface area contributed by atoms with Crippen LogP contribution in [0, 0.1) is 0 Å². The number of carbonyl (C=O) groups is 2. The third-order valence-corrected chi connectivity index (χ3v) is 8.15. The Bertz CT molecular complexity index is 550. The van der Waals surface area contributed by atoms with Crippen molar-refractivity contribution in [2.75, 3.05) is 13.2 Å². The molecule has 5 heteroatoms. The Morgan fingerprint density at radius 2 is 0.756 bits per heavy atom. The molecule has 0 saturated carbocycles. The lowest BCUT2D eigenvalue weighted by atomic mass is 10.0.